The largest absolute Gasteiger partial charge is 0.495 e. The Morgan fingerprint density at radius 1 is 1.04 bits per heavy atom. The fourth-order valence-corrected chi connectivity index (χ4v) is 3.54. The van der Waals surface area contributed by atoms with Crippen LogP contribution in [0.5, 0.6) is 5.75 Å². The predicted octanol–water partition coefficient (Wildman–Crippen LogP) is 1.37. The smallest absolute Gasteiger partial charge is 0.328 e. The topological polar surface area (TPSA) is 70.6 Å². The van der Waals surface area contributed by atoms with Crippen molar-refractivity contribution in [1.29, 1.82) is 0 Å². The zero-order chi connectivity index (χ0) is 19.4. The summed E-state index contributed by atoms with van der Waals surface area (Å²) >= 11 is 0. The quantitative estimate of drug-likeness (QED) is 0.829. The van der Waals surface area contributed by atoms with E-state index >= 15 is 0 Å². The van der Waals surface area contributed by atoms with Crippen molar-refractivity contribution in [2.24, 2.45) is 0 Å². The number of hydrogen-bond acceptors (Lipinski definition) is 5. The molecule has 1 N–H and O–H groups in total. The summed E-state index contributed by atoms with van der Waals surface area (Å²) < 4.78 is 6.77. The molecule has 146 valence electrons. The predicted molar refractivity (Wildman–Crippen MR) is 107 cm³/mol. The number of ether oxygens (including phenoxy) is 1. The van der Waals surface area contributed by atoms with Crippen LogP contribution < -0.4 is 20.9 Å². The van der Waals surface area contributed by atoms with E-state index in [-0.39, 0.29) is 11.2 Å². The van der Waals surface area contributed by atoms with Gasteiger partial charge in [0, 0.05) is 44.0 Å². The third kappa shape index (κ3) is 4.24. The van der Waals surface area contributed by atoms with Crippen molar-refractivity contribution in [1.82, 2.24) is 14.5 Å². The fourth-order valence-electron chi connectivity index (χ4n) is 3.54. The molecule has 0 amide bonds. The average molecular weight is 372 g/mol. The summed E-state index contributed by atoms with van der Waals surface area (Å²) in [7, 11) is 1.70. The Kier molecular flexibility index (Phi) is 6.01. The second-order valence-corrected chi connectivity index (χ2v) is 6.99. The van der Waals surface area contributed by atoms with Crippen LogP contribution in [0.4, 0.5) is 5.69 Å². The Morgan fingerprint density at radius 3 is 2.44 bits per heavy atom. The maximum absolute atomic E-state index is 12.3. The molecule has 0 spiro atoms. The average Bonchev–Trinajstić information content (AvgIpc) is 2.69. The second-order valence-electron chi connectivity index (χ2n) is 6.99. The van der Waals surface area contributed by atoms with Crippen LogP contribution in [0.3, 0.4) is 0 Å². The van der Waals surface area contributed by atoms with Gasteiger partial charge in [0.1, 0.15) is 5.75 Å². The number of aryl methyl sites for hydroxylation is 1. The highest BCUT2D eigenvalue weighted by Crippen LogP contribution is 2.28. The van der Waals surface area contributed by atoms with Crippen LogP contribution in [0.1, 0.15) is 17.7 Å². The number of rotatable bonds is 6. The molecule has 2 aromatic rings. The molecule has 0 bridgehead atoms. The van der Waals surface area contributed by atoms with Gasteiger partial charge in [0.2, 0.25) is 0 Å². The minimum Gasteiger partial charge on any atom is -0.495 e. The third-order valence-electron chi connectivity index (χ3n) is 5.32. The van der Waals surface area contributed by atoms with Crippen LogP contribution >= 0.6 is 0 Å². The molecule has 0 aliphatic carbocycles. The van der Waals surface area contributed by atoms with Crippen LogP contribution in [-0.2, 0) is 6.54 Å². The summed E-state index contributed by atoms with van der Waals surface area (Å²) in [5, 5.41) is 0. The number of piperazine rings is 1. The molecule has 3 rings (SSSR count). The van der Waals surface area contributed by atoms with E-state index in [1.54, 1.807) is 21.0 Å². The Hall–Kier alpha value is -2.54. The van der Waals surface area contributed by atoms with Gasteiger partial charge in [-0.2, -0.15) is 0 Å². The van der Waals surface area contributed by atoms with Gasteiger partial charge in [-0.25, -0.2) is 4.79 Å². The van der Waals surface area contributed by atoms with E-state index in [9.17, 15) is 9.59 Å². The second kappa shape index (κ2) is 8.43. The Balaban J connectivity index is 1.53. The highest BCUT2D eigenvalue weighted by atomic mass is 16.5. The van der Waals surface area contributed by atoms with E-state index in [0.717, 1.165) is 50.6 Å². The van der Waals surface area contributed by atoms with Crippen molar-refractivity contribution in [3.05, 3.63) is 56.4 Å². The molecule has 1 aromatic carbocycles. The van der Waals surface area contributed by atoms with E-state index in [0.29, 0.717) is 17.8 Å². The molecule has 0 unspecified atom stereocenters. The molecule has 1 aromatic heterocycles. The SMILES string of the molecule is COc1ccccc1N1CCN(CCCn2c(=O)[nH]c(C)c(C)c2=O)CC1. The van der Waals surface area contributed by atoms with Gasteiger partial charge in [-0.3, -0.25) is 14.3 Å². The lowest BCUT2D eigenvalue weighted by atomic mass is 10.2. The van der Waals surface area contributed by atoms with E-state index < -0.39 is 0 Å². The minimum absolute atomic E-state index is 0.183. The standard InChI is InChI=1S/C20H28N4O3/c1-15-16(2)21-20(26)24(19(15)25)10-6-9-22-11-13-23(14-12-22)17-7-4-5-8-18(17)27-3/h4-5,7-8H,6,9-14H2,1-3H3,(H,21,26). The summed E-state index contributed by atoms with van der Waals surface area (Å²) in [6, 6.07) is 8.09. The van der Waals surface area contributed by atoms with Gasteiger partial charge < -0.3 is 14.6 Å². The molecule has 0 radical (unpaired) electrons. The maximum Gasteiger partial charge on any atom is 0.328 e. The van der Waals surface area contributed by atoms with Crippen molar-refractivity contribution >= 4 is 5.69 Å². The molecule has 1 saturated heterocycles. The summed E-state index contributed by atoms with van der Waals surface area (Å²) in [5.74, 6) is 0.902. The number of hydrogen-bond donors (Lipinski definition) is 1. The summed E-state index contributed by atoms with van der Waals surface area (Å²) in [5.41, 5.74) is 1.89. The lowest BCUT2D eigenvalue weighted by Crippen LogP contribution is -2.47. The minimum atomic E-state index is -0.316. The van der Waals surface area contributed by atoms with Gasteiger partial charge in [0.25, 0.3) is 5.56 Å². The highest BCUT2D eigenvalue weighted by molar-refractivity contribution is 5.58. The zero-order valence-corrected chi connectivity index (χ0v) is 16.3. The van der Waals surface area contributed by atoms with E-state index in [1.807, 2.05) is 18.2 Å². The number of anilines is 1. The molecule has 7 nitrogen and oxygen atoms in total. The molecule has 27 heavy (non-hydrogen) atoms. The van der Waals surface area contributed by atoms with Crippen molar-refractivity contribution in [3.8, 4) is 5.75 Å². The number of nitrogens with one attached hydrogen (secondary N) is 1. The number of nitrogens with zero attached hydrogens (tertiary/aromatic N) is 3. The molecular weight excluding hydrogens is 344 g/mol. The van der Waals surface area contributed by atoms with Crippen LogP contribution in [-0.4, -0.2) is 54.3 Å². The molecule has 1 aliphatic rings. The van der Waals surface area contributed by atoms with Crippen LogP contribution in [0, 0.1) is 13.8 Å². The zero-order valence-electron chi connectivity index (χ0n) is 16.3. The summed E-state index contributed by atoms with van der Waals surface area (Å²) in [6.45, 7) is 8.60. The molecule has 2 heterocycles. The highest BCUT2D eigenvalue weighted by Gasteiger charge is 2.19. The van der Waals surface area contributed by atoms with Gasteiger partial charge in [0.05, 0.1) is 12.8 Å². The van der Waals surface area contributed by atoms with E-state index in [4.69, 9.17) is 4.74 Å². The normalized spacial score (nSPS) is 15.1. The number of aromatic nitrogens is 2. The Morgan fingerprint density at radius 2 is 1.74 bits per heavy atom. The van der Waals surface area contributed by atoms with Gasteiger partial charge in [-0.1, -0.05) is 12.1 Å². The first-order valence-corrected chi connectivity index (χ1v) is 9.42. The van der Waals surface area contributed by atoms with Gasteiger partial charge in [-0.05, 0) is 38.9 Å². The van der Waals surface area contributed by atoms with E-state index in [2.05, 4.69) is 20.9 Å². The third-order valence-corrected chi connectivity index (χ3v) is 5.32. The first-order chi connectivity index (χ1) is 13.0. The van der Waals surface area contributed by atoms with Crippen molar-refractivity contribution < 1.29 is 4.74 Å². The van der Waals surface area contributed by atoms with E-state index in [1.165, 1.54) is 4.57 Å². The molecule has 1 aliphatic heterocycles. The van der Waals surface area contributed by atoms with Crippen molar-refractivity contribution in [3.63, 3.8) is 0 Å². The van der Waals surface area contributed by atoms with Crippen LogP contribution in [0.25, 0.3) is 0 Å². The van der Waals surface area contributed by atoms with Crippen LogP contribution in [0.2, 0.25) is 0 Å². The monoisotopic (exact) mass is 372 g/mol. The first-order valence-electron chi connectivity index (χ1n) is 9.42. The maximum atomic E-state index is 12.3. The van der Waals surface area contributed by atoms with Crippen molar-refractivity contribution in [2.75, 3.05) is 44.7 Å². The van der Waals surface area contributed by atoms with Gasteiger partial charge in [0.15, 0.2) is 0 Å². The fraction of sp³-hybridized carbons (Fsp3) is 0.500. The molecule has 0 saturated carbocycles. The van der Waals surface area contributed by atoms with Gasteiger partial charge >= 0.3 is 5.69 Å². The Labute approximate surface area is 159 Å². The first kappa shape index (κ1) is 19.2. The number of para-hydroxylation sites is 2. The molecular formula is C20H28N4O3. The Bertz CT molecular complexity index is 895. The number of aromatic amines is 1. The summed E-state index contributed by atoms with van der Waals surface area (Å²) in [4.78, 5) is 31.8. The molecule has 0 atom stereocenters. The lowest BCUT2D eigenvalue weighted by molar-refractivity contribution is 0.249. The van der Waals surface area contributed by atoms with Crippen LogP contribution in [0.15, 0.2) is 33.9 Å². The molecule has 1 fully saturated rings. The van der Waals surface area contributed by atoms with Gasteiger partial charge in [-0.15, -0.1) is 0 Å². The molecule has 7 heteroatoms. The lowest BCUT2D eigenvalue weighted by Gasteiger charge is -2.36. The number of benzene rings is 1. The number of H-pyrrole nitrogens is 1. The van der Waals surface area contributed by atoms with Crippen molar-refractivity contribution in [2.45, 2.75) is 26.8 Å². The summed E-state index contributed by atoms with van der Waals surface area (Å²) in [6.07, 6.45) is 0.778. The number of methoxy groups -OCH3 is 1.